The molecular weight excluding hydrogens is 240 g/mol. The number of hydrogen-bond donors (Lipinski definition) is 1. The number of nitrogens with one attached hydrogen (secondary N) is 1. The van der Waals surface area contributed by atoms with Crippen molar-refractivity contribution in [2.24, 2.45) is 0 Å². The molecule has 0 amide bonds. The number of aromatic nitrogens is 1. The molecule has 1 N–H and O–H groups in total. The maximum Gasteiger partial charge on any atom is 0.183 e. The van der Waals surface area contributed by atoms with Crippen molar-refractivity contribution in [3.63, 3.8) is 0 Å². The molecule has 0 atom stereocenters. The number of anilines is 1. The van der Waals surface area contributed by atoms with Gasteiger partial charge in [-0.15, -0.1) is 11.3 Å². The Kier molecular flexibility index (Phi) is 3.44. The number of thiazole rings is 1. The van der Waals surface area contributed by atoms with Crippen molar-refractivity contribution < 1.29 is 0 Å². The van der Waals surface area contributed by atoms with Crippen LogP contribution >= 0.6 is 11.3 Å². The van der Waals surface area contributed by atoms with Crippen LogP contribution in [0.5, 0.6) is 0 Å². The lowest BCUT2D eigenvalue weighted by Crippen LogP contribution is -2.25. The Labute approximate surface area is 113 Å². The average molecular weight is 260 g/mol. The van der Waals surface area contributed by atoms with Crippen LogP contribution in [0.1, 0.15) is 31.9 Å². The van der Waals surface area contributed by atoms with Crippen LogP contribution < -0.4 is 5.32 Å². The Balaban J connectivity index is 2.26. The van der Waals surface area contributed by atoms with E-state index in [4.69, 9.17) is 0 Å². The lowest BCUT2D eigenvalue weighted by Gasteiger charge is -2.19. The normalized spacial score (nSPS) is 11.6. The minimum Gasteiger partial charge on any atom is -0.357 e. The van der Waals surface area contributed by atoms with E-state index in [1.54, 1.807) is 11.3 Å². The van der Waals surface area contributed by atoms with Crippen molar-refractivity contribution >= 4 is 16.5 Å². The Bertz CT molecular complexity index is 550. The molecule has 0 aliphatic carbocycles. The van der Waals surface area contributed by atoms with Crippen molar-refractivity contribution in [1.29, 1.82) is 0 Å². The molecule has 2 rings (SSSR count). The van der Waals surface area contributed by atoms with Gasteiger partial charge in [0.25, 0.3) is 0 Å². The van der Waals surface area contributed by atoms with Gasteiger partial charge in [-0.2, -0.15) is 0 Å². The van der Waals surface area contributed by atoms with Gasteiger partial charge in [-0.25, -0.2) is 4.98 Å². The van der Waals surface area contributed by atoms with Crippen molar-refractivity contribution in [2.75, 3.05) is 5.32 Å². The van der Waals surface area contributed by atoms with Crippen LogP contribution in [0.25, 0.3) is 11.3 Å². The van der Waals surface area contributed by atoms with Crippen LogP contribution in [-0.4, -0.2) is 10.5 Å². The fourth-order valence-corrected chi connectivity index (χ4v) is 2.61. The molecule has 0 fully saturated rings. The van der Waals surface area contributed by atoms with Gasteiger partial charge in [0.1, 0.15) is 0 Å². The SMILES string of the molecule is Cc1ccc(-c2csc(NC(C)(C)C)n2)cc1C. The van der Waals surface area contributed by atoms with Crippen LogP contribution in [0.4, 0.5) is 5.13 Å². The van der Waals surface area contributed by atoms with E-state index in [2.05, 4.69) is 68.5 Å². The number of hydrogen-bond acceptors (Lipinski definition) is 3. The molecule has 0 bridgehead atoms. The summed E-state index contributed by atoms with van der Waals surface area (Å²) in [4.78, 5) is 4.64. The molecule has 2 aromatic rings. The van der Waals surface area contributed by atoms with Crippen LogP contribution in [0.3, 0.4) is 0 Å². The van der Waals surface area contributed by atoms with Gasteiger partial charge >= 0.3 is 0 Å². The molecule has 0 radical (unpaired) electrons. The first-order valence-electron chi connectivity index (χ1n) is 6.16. The van der Waals surface area contributed by atoms with Gasteiger partial charge in [0, 0.05) is 16.5 Å². The number of rotatable bonds is 2. The van der Waals surface area contributed by atoms with Crippen LogP contribution in [0, 0.1) is 13.8 Å². The third kappa shape index (κ3) is 3.10. The molecular formula is C15H20N2S. The second kappa shape index (κ2) is 4.73. The molecule has 0 saturated heterocycles. The van der Waals surface area contributed by atoms with Gasteiger partial charge in [-0.05, 0) is 51.8 Å². The van der Waals surface area contributed by atoms with E-state index in [0.29, 0.717) is 0 Å². The lowest BCUT2D eigenvalue weighted by molar-refractivity contribution is 0.633. The van der Waals surface area contributed by atoms with Gasteiger partial charge in [-0.1, -0.05) is 12.1 Å². The minimum absolute atomic E-state index is 0.0539. The van der Waals surface area contributed by atoms with E-state index >= 15 is 0 Å². The van der Waals surface area contributed by atoms with E-state index in [0.717, 1.165) is 10.8 Å². The lowest BCUT2D eigenvalue weighted by atomic mass is 10.1. The van der Waals surface area contributed by atoms with Crippen molar-refractivity contribution in [1.82, 2.24) is 4.98 Å². The first-order chi connectivity index (χ1) is 8.35. The summed E-state index contributed by atoms with van der Waals surface area (Å²) in [6.07, 6.45) is 0. The average Bonchev–Trinajstić information content (AvgIpc) is 2.68. The molecule has 0 unspecified atom stereocenters. The number of benzene rings is 1. The van der Waals surface area contributed by atoms with Gasteiger partial charge in [0.15, 0.2) is 5.13 Å². The maximum atomic E-state index is 4.64. The highest BCUT2D eigenvalue weighted by atomic mass is 32.1. The van der Waals surface area contributed by atoms with Gasteiger partial charge < -0.3 is 5.32 Å². The zero-order chi connectivity index (χ0) is 13.3. The Morgan fingerprint density at radius 1 is 1.11 bits per heavy atom. The minimum atomic E-state index is 0.0539. The monoisotopic (exact) mass is 260 g/mol. The van der Waals surface area contributed by atoms with E-state index in [1.807, 2.05) is 0 Å². The largest absolute Gasteiger partial charge is 0.357 e. The van der Waals surface area contributed by atoms with Crippen molar-refractivity contribution in [2.45, 2.75) is 40.2 Å². The quantitative estimate of drug-likeness (QED) is 0.851. The molecule has 3 heteroatoms. The van der Waals surface area contributed by atoms with Crippen LogP contribution in [0.15, 0.2) is 23.6 Å². The number of nitrogens with zero attached hydrogens (tertiary/aromatic N) is 1. The topological polar surface area (TPSA) is 24.9 Å². The Hall–Kier alpha value is -1.35. The summed E-state index contributed by atoms with van der Waals surface area (Å²) in [5.74, 6) is 0. The molecule has 96 valence electrons. The molecule has 1 heterocycles. The summed E-state index contributed by atoms with van der Waals surface area (Å²) in [6.45, 7) is 10.7. The van der Waals surface area contributed by atoms with Gasteiger partial charge in [0.2, 0.25) is 0 Å². The molecule has 18 heavy (non-hydrogen) atoms. The van der Waals surface area contributed by atoms with Crippen LogP contribution in [-0.2, 0) is 0 Å². The first-order valence-corrected chi connectivity index (χ1v) is 7.04. The highest BCUT2D eigenvalue weighted by molar-refractivity contribution is 7.14. The molecule has 1 aromatic heterocycles. The third-order valence-electron chi connectivity index (χ3n) is 2.79. The summed E-state index contributed by atoms with van der Waals surface area (Å²) >= 11 is 1.66. The summed E-state index contributed by atoms with van der Waals surface area (Å²) in [6, 6.07) is 6.49. The van der Waals surface area contributed by atoms with E-state index in [1.165, 1.54) is 16.7 Å². The standard InChI is InChI=1S/C15H20N2S/c1-10-6-7-12(8-11(10)2)13-9-18-14(16-13)17-15(3,4)5/h6-9H,1-5H3,(H,16,17). The first kappa shape index (κ1) is 13.1. The second-order valence-electron chi connectivity index (χ2n) is 5.71. The van der Waals surface area contributed by atoms with Gasteiger partial charge in [-0.3, -0.25) is 0 Å². The summed E-state index contributed by atoms with van der Waals surface area (Å²) in [7, 11) is 0. The van der Waals surface area contributed by atoms with Gasteiger partial charge in [0.05, 0.1) is 5.69 Å². The fraction of sp³-hybridized carbons (Fsp3) is 0.400. The molecule has 1 aromatic carbocycles. The van der Waals surface area contributed by atoms with E-state index in [9.17, 15) is 0 Å². The van der Waals surface area contributed by atoms with E-state index < -0.39 is 0 Å². The summed E-state index contributed by atoms with van der Waals surface area (Å²) < 4.78 is 0. The maximum absolute atomic E-state index is 4.64. The fourth-order valence-electron chi connectivity index (χ4n) is 1.69. The predicted octanol–water partition coefficient (Wildman–Crippen LogP) is 4.64. The molecule has 0 saturated carbocycles. The highest BCUT2D eigenvalue weighted by Gasteiger charge is 2.12. The van der Waals surface area contributed by atoms with Crippen molar-refractivity contribution in [3.05, 3.63) is 34.7 Å². The molecule has 2 nitrogen and oxygen atoms in total. The van der Waals surface area contributed by atoms with E-state index in [-0.39, 0.29) is 5.54 Å². The molecule has 0 spiro atoms. The zero-order valence-electron chi connectivity index (χ0n) is 11.7. The predicted molar refractivity (Wildman–Crippen MR) is 80.4 cm³/mol. The Morgan fingerprint density at radius 2 is 1.83 bits per heavy atom. The zero-order valence-corrected chi connectivity index (χ0v) is 12.5. The molecule has 0 aliphatic heterocycles. The summed E-state index contributed by atoms with van der Waals surface area (Å²) in [5, 5.41) is 6.50. The third-order valence-corrected chi connectivity index (χ3v) is 3.55. The van der Waals surface area contributed by atoms with Crippen LogP contribution in [0.2, 0.25) is 0 Å². The Morgan fingerprint density at radius 3 is 2.44 bits per heavy atom. The molecule has 0 aliphatic rings. The summed E-state index contributed by atoms with van der Waals surface area (Å²) in [5.41, 5.74) is 4.93. The highest BCUT2D eigenvalue weighted by Crippen LogP contribution is 2.27. The second-order valence-corrected chi connectivity index (χ2v) is 6.57. The smallest absolute Gasteiger partial charge is 0.183 e. The van der Waals surface area contributed by atoms with Crippen molar-refractivity contribution in [3.8, 4) is 11.3 Å². The number of aryl methyl sites for hydroxylation is 2.